The Morgan fingerprint density at radius 1 is 1.43 bits per heavy atom. The summed E-state index contributed by atoms with van der Waals surface area (Å²) in [5, 5.41) is 7.24. The molecule has 0 aromatic carbocycles. The van der Waals surface area contributed by atoms with Crippen molar-refractivity contribution in [1.82, 2.24) is 25.0 Å². The van der Waals surface area contributed by atoms with Crippen LogP contribution in [0.1, 0.15) is 22.7 Å². The molecule has 3 rings (SSSR count). The molecule has 1 N–H and O–H groups in total. The van der Waals surface area contributed by atoms with E-state index in [1.807, 2.05) is 55.3 Å². The highest BCUT2D eigenvalue weighted by Crippen LogP contribution is 2.29. The summed E-state index contributed by atoms with van der Waals surface area (Å²) in [6.07, 6.45) is 7.44. The van der Waals surface area contributed by atoms with E-state index in [1.54, 1.807) is 10.9 Å². The van der Waals surface area contributed by atoms with Crippen molar-refractivity contribution in [3.05, 3.63) is 47.5 Å². The first-order valence-corrected chi connectivity index (χ1v) is 8.80. The van der Waals surface area contributed by atoms with E-state index in [4.69, 9.17) is 0 Å². The second kappa shape index (κ2) is 7.04. The summed E-state index contributed by atoms with van der Waals surface area (Å²) in [5.41, 5.74) is 3.20. The molecule has 6 nitrogen and oxygen atoms in total. The summed E-state index contributed by atoms with van der Waals surface area (Å²) in [7, 11) is 1.90. The highest BCUT2D eigenvalue weighted by molar-refractivity contribution is 7.99. The van der Waals surface area contributed by atoms with Gasteiger partial charge in [0.25, 0.3) is 0 Å². The second-order valence-corrected chi connectivity index (χ2v) is 6.91. The number of rotatable bonds is 3. The molecule has 1 aliphatic rings. The number of carbonyl (C=O) groups excluding carboxylic acids is 1. The van der Waals surface area contributed by atoms with E-state index in [9.17, 15) is 4.79 Å². The van der Waals surface area contributed by atoms with Gasteiger partial charge < -0.3 is 10.2 Å². The zero-order valence-corrected chi connectivity index (χ0v) is 14.2. The highest BCUT2D eigenvalue weighted by Gasteiger charge is 2.29. The van der Waals surface area contributed by atoms with Crippen LogP contribution in [0.2, 0.25) is 0 Å². The van der Waals surface area contributed by atoms with Gasteiger partial charge in [-0.3, -0.25) is 9.67 Å². The van der Waals surface area contributed by atoms with Gasteiger partial charge in [-0.25, -0.2) is 4.79 Å². The summed E-state index contributed by atoms with van der Waals surface area (Å²) >= 11 is 1.88. The minimum Gasteiger partial charge on any atom is -0.334 e. The first-order chi connectivity index (χ1) is 11.1. The van der Waals surface area contributed by atoms with Crippen molar-refractivity contribution in [2.45, 2.75) is 19.5 Å². The summed E-state index contributed by atoms with van der Waals surface area (Å²) in [5.74, 6) is 1.88. The van der Waals surface area contributed by atoms with Crippen molar-refractivity contribution < 1.29 is 4.79 Å². The van der Waals surface area contributed by atoms with Gasteiger partial charge >= 0.3 is 6.03 Å². The van der Waals surface area contributed by atoms with Crippen molar-refractivity contribution in [3.8, 4) is 0 Å². The largest absolute Gasteiger partial charge is 0.334 e. The van der Waals surface area contributed by atoms with Gasteiger partial charge in [0.2, 0.25) is 0 Å². The molecule has 2 aromatic heterocycles. The van der Waals surface area contributed by atoms with Gasteiger partial charge in [0.15, 0.2) is 0 Å². The number of pyridine rings is 1. The Kier molecular flexibility index (Phi) is 4.85. The molecule has 1 saturated heterocycles. The number of urea groups is 1. The van der Waals surface area contributed by atoms with E-state index in [0.29, 0.717) is 6.54 Å². The van der Waals surface area contributed by atoms with Crippen LogP contribution >= 0.6 is 11.8 Å². The summed E-state index contributed by atoms with van der Waals surface area (Å²) in [6, 6.07) is 2.09. The van der Waals surface area contributed by atoms with E-state index < -0.39 is 0 Å². The molecule has 1 atom stereocenters. The third-order valence-corrected chi connectivity index (χ3v) is 4.90. The third kappa shape index (κ3) is 3.85. The van der Waals surface area contributed by atoms with Crippen LogP contribution < -0.4 is 5.32 Å². The monoisotopic (exact) mass is 331 g/mol. The first kappa shape index (κ1) is 15.9. The number of thioether (sulfide) groups is 1. The van der Waals surface area contributed by atoms with Gasteiger partial charge in [-0.05, 0) is 18.1 Å². The lowest BCUT2D eigenvalue weighted by Crippen LogP contribution is -2.46. The fourth-order valence-corrected chi connectivity index (χ4v) is 3.82. The lowest BCUT2D eigenvalue weighted by Gasteiger charge is -2.34. The summed E-state index contributed by atoms with van der Waals surface area (Å²) in [4.78, 5) is 18.7. The van der Waals surface area contributed by atoms with E-state index in [-0.39, 0.29) is 12.1 Å². The predicted octanol–water partition coefficient (Wildman–Crippen LogP) is 2.12. The second-order valence-electron chi connectivity index (χ2n) is 5.76. The summed E-state index contributed by atoms with van der Waals surface area (Å²) < 4.78 is 1.78. The van der Waals surface area contributed by atoms with Crippen LogP contribution in [0.3, 0.4) is 0 Å². The molecular weight excluding hydrogens is 310 g/mol. The normalized spacial score (nSPS) is 18.0. The molecule has 2 amide bonds. The Morgan fingerprint density at radius 2 is 2.30 bits per heavy atom. The lowest BCUT2D eigenvalue weighted by molar-refractivity contribution is 0.182. The lowest BCUT2D eigenvalue weighted by atomic mass is 10.1. The van der Waals surface area contributed by atoms with Crippen LogP contribution in [0.25, 0.3) is 0 Å². The molecule has 0 spiro atoms. The van der Waals surface area contributed by atoms with E-state index in [0.717, 1.165) is 34.7 Å². The molecule has 1 fully saturated rings. The molecule has 0 radical (unpaired) electrons. The standard InChI is InChI=1S/C16H21N5OS/c1-12-5-13(7-17-6-12)8-18-16(22)21-3-4-23-11-15(21)14-9-19-20(2)10-14/h5-7,9-10,15H,3-4,8,11H2,1-2H3,(H,18,22)/t15-/m1/s1. The summed E-state index contributed by atoms with van der Waals surface area (Å²) in [6.45, 7) is 3.25. The maximum absolute atomic E-state index is 12.6. The number of hydrogen-bond donors (Lipinski definition) is 1. The molecule has 1 aliphatic heterocycles. The molecule has 122 valence electrons. The van der Waals surface area contributed by atoms with Crippen LogP contribution in [0.15, 0.2) is 30.9 Å². The quantitative estimate of drug-likeness (QED) is 0.936. The molecule has 0 bridgehead atoms. The van der Waals surface area contributed by atoms with Crippen LogP contribution in [0, 0.1) is 6.92 Å². The van der Waals surface area contributed by atoms with E-state index in [1.165, 1.54) is 0 Å². The zero-order chi connectivity index (χ0) is 16.2. The predicted molar refractivity (Wildman–Crippen MR) is 91.2 cm³/mol. The number of aryl methyl sites for hydroxylation is 2. The average Bonchev–Trinajstić information content (AvgIpc) is 2.99. The van der Waals surface area contributed by atoms with Crippen molar-refractivity contribution in [3.63, 3.8) is 0 Å². The number of hydrogen-bond acceptors (Lipinski definition) is 4. The van der Waals surface area contributed by atoms with Crippen LogP contribution in [0.4, 0.5) is 4.79 Å². The molecular formula is C16H21N5OS. The number of aromatic nitrogens is 3. The van der Waals surface area contributed by atoms with Gasteiger partial charge in [-0.1, -0.05) is 6.07 Å². The van der Waals surface area contributed by atoms with Crippen LogP contribution in [0.5, 0.6) is 0 Å². The molecule has 0 unspecified atom stereocenters. The Bertz CT molecular complexity index is 687. The topological polar surface area (TPSA) is 63.1 Å². The van der Waals surface area contributed by atoms with Gasteiger partial charge in [-0.15, -0.1) is 0 Å². The molecule has 2 aromatic rings. The van der Waals surface area contributed by atoms with Crippen LogP contribution in [-0.4, -0.2) is 43.7 Å². The molecule has 3 heterocycles. The molecule has 23 heavy (non-hydrogen) atoms. The van der Waals surface area contributed by atoms with Gasteiger partial charge in [0.05, 0.1) is 12.2 Å². The highest BCUT2D eigenvalue weighted by atomic mass is 32.2. The zero-order valence-electron chi connectivity index (χ0n) is 13.4. The molecule has 7 heteroatoms. The van der Waals surface area contributed by atoms with Gasteiger partial charge in [0.1, 0.15) is 0 Å². The fourth-order valence-electron chi connectivity index (χ4n) is 2.73. The van der Waals surface area contributed by atoms with E-state index in [2.05, 4.69) is 15.4 Å². The third-order valence-electron chi connectivity index (χ3n) is 3.87. The van der Waals surface area contributed by atoms with Crippen molar-refractivity contribution >= 4 is 17.8 Å². The number of amides is 2. The first-order valence-electron chi connectivity index (χ1n) is 7.65. The minimum absolute atomic E-state index is 0.0272. The van der Waals surface area contributed by atoms with Crippen molar-refractivity contribution in [2.75, 3.05) is 18.1 Å². The van der Waals surface area contributed by atoms with Gasteiger partial charge in [0, 0.05) is 55.8 Å². The maximum atomic E-state index is 12.6. The van der Waals surface area contributed by atoms with Crippen molar-refractivity contribution in [1.29, 1.82) is 0 Å². The number of nitrogens with zero attached hydrogens (tertiary/aromatic N) is 4. The minimum atomic E-state index is -0.0272. The number of nitrogens with one attached hydrogen (secondary N) is 1. The Balaban J connectivity index is 1.66. The Labute approximate surface area is 140 Å². The van der Waals surface area contributed by atoms with Crippen LogP contribution in [-0.2, 0) is 13.6 Å². The van der Waals surface area contributed by atoms with E-state index >= 15 is 0 Å². The van der Waals surface area contributed by atoms with Gasteiger partial charge in [-0.2, -0.15) is 16.9 Å². The Morgan fingerprint density at radius 3 is 3.04 bits per heavy atom. The van der Waals surface area contributed by atoms with Crippen molar-refractivity contribution in [2.24, 2.45) is 7.05 Å². The average molecular weight is 331 g/mol. The molecule has 0 aliphatic carbocycles. The number of carbonyl (C=O) groups is 1. The smallest absolute Gasteiger partial charge is 0.318 e. The SMILES string of the molecule is Cc1cncc(CNC(=O)N2CCSC[C@@H]2c2cnn(C)c2)c1. The maximum Gasteiger partial charge on any atom is 0.318 e. The molecule has 0 saturated carbocycles. The Hall–Kier alpha value is -2.02. The fraction of sp³-hybridized carbons (Fsp3) is 0.438.